The van der Waals surface area contributed by atoms with Gasteiger partial charge in [-0.3, -0.25) is 9.69 Å². The third-order valence-electron chi connectivity index (χ3n) is 2.82. The molecule has 0 atom stereocenters. The molecule has 20 heavy (non-hydrogen) atoms. The number of carbonyl (C=O) groups is 1. The molecule has 0 radical (unpaired) electrons. The zero-order valence-corrected chi connectivity index (χ0v) is 13.2. The molecular weight excluding hydrogens is 299 g/mol. The van der Waals surface area contributed by atoms with Gasteiger partial charge in [0, 0.05) is 25.2 Å². The molecule has 0 aromatic carbocycles. The van der Waals surface area contributed by atoms with Crippen molar-refractivity contribution in [2.45, 2.75) is 19.9 Å². The monoisotopic (exact) mass is 316 g/mol. The number of rotatable bonds is 7. The van der Waals surface area contributed by atoms with Gasteiger partial charge in [-0.05, 0) is 18.6 Å². The molecule has 6 heteroatoms. The van der Waals surface area contributed by atoms with Gasteiger partial charge in [0.25, 0.3) is 0 Å². The first-order valence-electron chi connectivity index (χ1n) is 6.19. The topological polar surface area (TPSA) is 42.4 Å². The third-order valence-corrected chi connectivity index (χ3v) is 3.53. The molecule has 1 aromatic heterocycles. The van der Waals surface area contributed by atoms with Crippen LogP contribution in [0.4, 0.5) is 0 Å². The fourth-order valence-corrected chi connectivity index (χ4v) is 2.13. The van der Waals surface area contributed by atoms with Crippen molar-refractivity contribution in [2.75, 3.05) is 20.2 Å². The van der Waals surface area contributed by atoms with E-state index in [1.807, 2.05) is 17.9 Å². The number of ether oxygens (including phenoxy) is 1. The van der Waals surface area contributed by atoms with Crippen molar-refractivity contribution in [3.8, 4) is 0 Å². The average molecular weight is 317 g/mol. The van der Waals surface area contributed by atoms with Crippen LogP contribution in [0.25, 0.3) is 0 Å². The predicted molar refractivity (Wildman–Crippen MR) is 81.1 cm³/mol. The van der Waals surface area contributed by atoms with Crippen LogP contribution in [0.3, 0.4) is 0 Å². The van der Waals surface area contributed by atoms with E-state index in [-0.39, 0.29) is 5.97 Å². The van der Waals surface area contributed by atoms with Gasteiger partial charge in [0.05, 0.1) is 13.5 Å². The highest BCUT2D eigenvalue weighted by Gasteiger charge is 2.12. The summed E-state index contributed by atoms with van der Waals surface area (Å²) in [5.74, 6) is -0.240. The standard InChI is InChI=1S/C14H18Cl2N2O2/c1-4-6-18(7-5-12(19)20-3)9-11-8-10(2)13(15)17-14(11)16/h4,8H,1,5-7,9H2,2-3H3. The Bertz CT molecular complexity index is 492. The summed E-state index contributed by atoms with van der Waals surface area (Å²) in [5, 5.41) is 0.788. The van der Waals surface area contributed by atoms with Crippen molar-refractivity contribution >= 4 is 29.2 Å². The van der Waals surface area contributed by atoms with Crippen molar-refractivity contribution in [2.24, 2.45) is 0 Å². The van der Waals surface area contributed by atoms with Gasteiger partial charge in [0.2, 0.25) is 0 Å². The van der Waals surface area contributed by atoms with E-state index in [2.05, 4.69) is 16.3 Å². The summed E-state index contributed by atoms with van der Waals surface area (Å²) in [4.78, 5) is 17.3. The van der Waals surface area contributed by atoms with Gasteiger partial charge in [-0.25, -0.2) is 4.98 Å². The van der Waals surface area contributed by atoms with Gasteiger partial charge in [-0.1, -0.05) is 29.3 Å². The molecule has 0 N–H and O–H groups in total. The van der Waals surface area contributed by atoms with Crippen LogP contribution < -0.4 is 0 Å². The lowest BCUT2D eigenvalue weighted by molar-refractivity contribution is -0.141. The number of esters is 1. The summed E-state index contributed by atoms with van der Waals surface area (Å²) < 4.78 is 4.64. The number of nitrogens with zero attached hydrogens (tertiary/aromatic N) is 2. The van der Waals surface area contributed by atoms with Crippen molar-refractivity contribution in [3.63, 3.8) is 0 Å². The summed E-state index contributed by atoms with van der Waals surface area (Å²) in [5.41, 5.74) is 1.75. The molecule has 0 aliphatic carbocycles. The summed E-state index contributed by atoms with van der Waals surface area (Å²) in [6.07, 6.45) is 2.10. The molecule has 0 saturated heterocycles. The minimum Gasteiger partial charge on any atom is -0.469 e. The molecule has 0 amide bonds. The number of hydrogen-bond donors (Lipinski definition) is 0. The van der Waals surface area contributed by atoms with E-state index in [1.165, 1.54) is 7.11 Å². The molecule has 0 saturated carbocycles. The highest BCUT2D eigenvalue weighted by molar-refractivity contribution is 6.33. The molecule has 0 unspecified atom stereocenters. The molecule has 0 aliphatic rings. The van der Waals surface area contributed by atoms with E-state index in [0.29, 0.717) is 36.4 Å². The molecule has 110 valence electrons. The minimum atomic E-state index is -0.240. The quantitative estimate of drug-likeness (QED) is 0.440. The largest absolute Gasteiger partial charge is 0.469 e. The number of aryl methyl sites for hydroxylation is 1. The molecular formula is C14H18Cl2N2O2. The second-order valence-electron chi connectivity index (χ2n) is 4.40. The molecule has 1 heterocycles. The number of carbonyl (C=O) groups excluding carboxylic acids is 1. The Balaban J connectivity index is 2.77. The van der Waals surface area contributed by atoms with Crippen molar-refractivity contribution < 1.29 is 9.53 Å². The van der Waals surface area contributed by atoms with E-state index in [9.17, 15) is 4.79 Å². The summed E-state index contributed by atoms with van der Waals surface area (Å²) >= 11 is 12.0. The molecule has 4 nitrogen and oxygen atoms in total. The first kappa shape index (κ1) is 17.0. The van der Waals surface area contributed by atoms with Crippen molar-refractivity contribution in [3.05, 3.63) is 40.2 Å². The Morgan fingerprint density at radius 3 is 2.80 bits per heavy atom. The molecule has 1 rings (SSSR count). The number of aromatic nitrogens is 1. The molecule has 0 fully saturated rings. The summed E-state index contributed by atoms with van der Waals surface area (Å²) in [6, 6.07) is 1.91. The number of methoxy groups -OCH3 is 1. The van der Waals surface area contributed by atoms with Gasteiger partial charge in [-0.2, -0.15) is 0 Å². The first-order valence-corrected chi connectivity index (χ1v) is 6.95. The summed E-state index contributed by atoms with van der Waals surface area (Å²) in [6.45, 7) is 7.38. The van der Waals surface area contributed by atoms with Crippen LogP contribution in [0.5, 0.6) is 0 Å². The van der Waals surface area contributed by atoms with Crippen LogP contribution in [0, 0.1) is 6.92 Å². The van der Waals surface area contributed by atoms with Gasteiger partial charge in [0.1, 0.15) is 10.3 Å². The molecule has 1 aromatic rings. The maximum atomic E-state index is 11.2. The number of hydrogen-bond acceptors (Lipinski definition) is 4. The van der Waals surface area contributed by atoms with Crippen molar-refractivity contribution in [1.29, 1.82) is 0 Å². The maximum Gasteiger partial charge on any atom is 0.306 e. The van der Waals surface area contributed by atoms with Gasteiger partial charge >= 0.3 is 5.97 Å². The first-order chi connectivity index (χ1) is 9.47. The number of halogens is 2. The Morgan fingerprint density at radius 2 is 2.20 bits per heavy atom. The van der Waals surface area contributed by atoms with Crippen LogP contribution in [0.2, 0.25) is 10.3 Å². The molecule has 0 spiro atoms. The zero-order chi connectivity index (χ0) is 15.1. The van der Waals surface area contributed by atoms with Crippen LogP contribution >= 0.6 is 23.2 Å². The predicted octanol–water partition coefficient (Wildman–Crippen LogP) is 3.25. The Labute approximate surface area is 129 Å². The lowest BCUT2D eigenvalue weighted by Gasteiger charge is -2.20. The molecule has 0 bridgehead atoms. The fourth-order valence-electron chi connectivity index (χ4n) is 1.75. The molecule has 0 aliphatic heterocycles. The normalized spacial score (nSPS) is 10.7. The minimum absolute atomic E-state index is 0.240. The number of pyridine rings is 1. The maximum absolute atomic E-state index is 11.2. The zero-order valence-electron chi connectivity index (χ0n) is 11.7. The lowest BCUT2D eigenvalue weighted by atomic mass is 10.2. The Hall–Kier alpha value is -1.10. The van der Waals surface area contributed by atoms with Crippen LogP contribution in [0.15, 0.2) is 18.7 Å². The van der Waals surface area contributed by atoms with Crippen molar-refractivity contribution in [1.82, 2.24) is 9.88 Å². The van der Waals surface area contributed by atoms with Crippen LogP contribution in [0.1, 0.15) is 17.5 Å². The van der Waals surface area contributed by atoms with E-state index < -0.39 is 0 Å². The highest BCUT2D eigenvalue weighted by atomic mass is 35.5. The van der Waals surface area contributed by atoms with Crippen LogP contribution in [-0.2, 0) is 16.1 Å². The second kappa shape index (κ2) is 8.25. The van der Waals surface area contributed by atoms with Gasteiger partial charge < -0.3 is 4.74 Å². The summed E-state index contributed by atoms with van der Waals surface area (Å²) in [7, 11) is 1.38. The van der Waals surface area contributed by atoms with Gasteiger partial charge in [-0.15, -0.1) is 6.58 Å². The third kappa shape index (κ3) is 5.12. The average Bonchev–Trinajstić information content (AvgIpc) is 2.41. The lowest BCUT2D eigenvalue weighted by Crippen LogP contribution is -2.26. The van der Waals surface area contributed by atoms with E-state index >= 15 is 0 Å². The Morgan fingerprint density at radius 1 is 1.50 bits per heavy atom. The smallest absolute Gasteiger partial charge is 0.306 e. The van der Waals surface area contributed by atoms with E-state index in [0.717, 1.165) is 11.1 Å². The van der Waals surface area contributed by atoms with Gasteiger partial charge in [0.15, 0.2) is 0 Å². The van der Waals surface area contributed by atoms with Crippen LogP contribution in [-0.4, -0.2) is 36.1 Å². The van der Waals surface area contributed by atoms with E-state index in [4.69, 9.17) is 23.2 Å². The highest BCUT2D eigenvalue weighted by Crippen LogP contribution is 2.22. The SMILES string of the molecule is C=CCN(CCC(=O)OC)Cc1cc(C)c(Cl)nc1Cl. The van der Waals surface area contributed by atoms with E-state index in [1.54, 1.807) is 6.08 Å². The Kier molecular flexibility index (Phi) is 6.99. The fraction of sp³-hybridized carbons (Fsp3) is 0.429. The second-order valence-corrected chi connectivity index (χ2v) is 5.11.